The van der Waals surface area contributed by atoms with Crippen molar-refractivity contribution in [2.45, 2.75) is 58.3 Å². The van der Waals surface area contributed by atoms with E-state index in [-0.39, 0.29) is 0 Å². The fourth-order valence-corrected chi connectivity index (χ4v) is 6.98. The molecule has 0 amide bonds. The zero-order valence-corrected chi connectivity index (χ0v) is 21.7. The molecule has 3 aromatic carbocycles. The van der Waals surface area contributed by atoms with Gasteiger partial charge in [0.05, 0.1) is 0 Å². The molecule has 0 nitrogen and oxygen atoms in total. The van der Waals surface area contributed by atoms with Gasteiger partial charge in [0.25, 0.3) is 0 Å². The van der Waals surface area contributed by atoms with Gasteiger partial charge in [0.1, 0.15) is 0 Å². The highest BCUT2D eigenvalue weighted by atomic mass is 14.4. The average Bonchev–Trinajstić information content (AvgIpc) is 3.47. The highest BCUT2D eigenvalue weighted by Crippen LogP contribution is 2.55. The highest BCUT2D eigenvalue weighted by molar-refractivity contribution is 5.91. The quantitative estimate of drug-likeness (QED) is 0.349. The van der Waals surface area contributed by atoms with Crippen molar-refractivity contribution >= 4 is 16.8 Å². The Bertz CT molecular complexity index is 1480. The molecule has 1 saturated carbocycles. The van der Waals surface area contributed by atoms with Crippen LogP contribution in [0.1, 0.15) is 67.7 Å². The van der Waals surface area contributed by atoms with Crippen LogP contribution in [0, 0.1) is 5.92 Å². The predicted molar refractivity (Wildman–Crippen MR) is 155 cm³/mol. The van der Waals surface area contributed by atoms with Gasteiger partial charge in [0.2, 0.25) is 0 Å². The number of fused-ring (bicyclic) bond motifs is 3. The van der Waals surface area contributed by atoms with Crippen molar-refractivity contribution < 1.29 is 0 Å². The van der Waals surface area contributed by atoms with Gasteiger partial charge < -0.3 is 0 Å². The van der Waals surface area contributed by atoms with Crippen LogP contribution < -0.4 is 0 Å². The second kappa shape index (κ2) is 9.25. The van der Waals surface area contributed by atoms with Crippen molar-refractivity contribution in [3.05, 3.63) is 136 Å². The van der Waals surface area contributed by atoms with Crippen LogP contribution in [-0.4, -0.2) is 0 Å². The van der Waals surface area contributed by atoms with E-state index in [1.54, 1.807) is 11.1 Å². The summed E-state index contributed by atoms with van der Waals surface area (Å²) in [4.78, 5) is 0. The van der Waals surface area contributed by atoms with Crippen molar-refractivity contribution in [1.82, 2.24) is 0 Å². The van der Waals surface area contributed by atoms with Gasteiger partial charge >= 0.3 is 0 Å². The van der Waals surface area contributed by atoms with Crippen LogP contribution in [-0.2, 0) is 12.8 Å². The molecule has 3 aromatic rings. The largest absolute Gasteiger partial charge is 0.0955 e. The standard InChI is InChI=1S/C36H36/c1-5-10-23(2)34-24(3)19-32-22-31(21-29-15-9-13-27-11-6-7-16-33(27)29)25(4)35(32)36(34)30-18-17-26-12-8-14-28(26)20-30/h6-7,9,11,13,15-21,35-36H,2,4-5,8,10,12,14,22H2,1,3H3/b31-21-. The van der Waals surface area contributed by atoms with Crippen LogP contribution in [0.2, 0.25) is 0 Å². The number of rotatable bonds is 5. The van der Waals surface area contributed by atoms with E-state index in [4.69, 9.17) is 6.58 Å². The van der Waals surface area contributed by atoms with Crippen molar-refractivity contribution in [1.29, 1.82) is 0 Å². The molecule has 0 bridgehead atoms. The number of hydrogen-bond acceptors (Lipinski definition) is 0. The van der Waals surface area contributed by atoms with Gasteiger partial charge in [-0.3, -0.25) is 0 Å². The van der Waals surface area contributed by atoms with Gasteiger partial charge in [-0.15, -0.1) is 0 Å². The maximum atomic E-state index is 4.75. The minimum atomic E-state index is 0.306. The van der Waals surface area contributed by atoms with Gasteiger partial charge in [-0.05, 0) is 94.3 Å². The zero-order chi connectivity index (χ0) is 24.8. The molecule has 0 saturated heterocycles. The molecule has 180 valence electrons. The molecule has 2 atom stereocenters. The summed E-state index contributed by atoms with van der Waals surface area (Å²) in [6.45, 7) is 13.9. The Morgan fingerprint density at radius 1 is 0.972 bits per heavy atom. The smallest absolute Gasteiger partial charge is 0.0201 e. The third-order valence-corrected chi connectivity index (χ3v) is 8.62. The molecule has 1 fully saturated rings. The number of hydrogen-bond donors (Lipinski definition) is 0. The molecular weight excluding hydrogens is 432 g/mol. The number of aryl methyl sites for hydroxylation is 2. The lowest BCUT2D eigenvalue weighted by Gasteiger charge is -2.35. The van der Waals surface area contributed by atoms with Crippen LogP contribution in [0.3, 0.4) is 0 Å². The van der Waals surface area contributed by atoms with E-state index in [2.05, 4.69) is 93.2 Å². The molecule has 3 aliphatic carbocycles. The molecule has 0 aliphatic heterocycles. The third kappa shape index (κ3) is 3.84. The summed E-state index contributed by atoms with van der Waals surface area (Å²) in [6, 6.07) is 22.6. The van der Waals surface area contributed by atoms with E-state index in [1.165, 1.54) is 74.6 Å². The Morgan fingerprint density at radius 2 is 1.78 bits per heavy atom. The molecule has 3 aliphatic rings. The van der Waals surface area contributed by atoms with Gasteiger partial charge in [-0.2, -0.15) is 0 Å². The maximum absolute atomic E-state index is 4.75. The topological polar surface area (TPSA) is 0 Å². The van der Waals surface area contributed by atoms with Crippen LogP contribution in [0.25, 0.3) is 16.8 Å². The molecule has 0 aromatic heterocycles. The normalized spacial score (nSPS) is 22.2. The molecule has 6 rings (SSSR count). The minimum absolute atomic E-state index is 0.306. The van der Waals surface area contributed by atoms with Gasteiger partial charge in [-0.25, -0.2) is 0 Å². The van der Waals surface area contributed by atoms with Crippen molar-refractivity contribution in [3.8, 4) is 0 Å². The number of benzene rings is 3. The molecule has 0 N–H and O–H groups in total. The van der Waals surface area contributed by atoms with Crippen molar-refractivity contribution in [2.75, 3.05) is 0 Å². The Hall–Kier alpha value is -3.38. The molecule has 2 unspecified atom stereocenters. The molecule has 36 heavy (non-hydrogen) atoms. The fourth-order valence-electron chi connectivity index (χ4n) is 6.98. The van der Waals surface area contributed by atoms with Crippen LogP contribution in [0.5, 0.6) is 0 Å². The minimum Gasteiger partial charge on any atom is -0.0955 e. The van der Waals surface area contributed by atoms with Crippen LogP contribution >= 0.6 is 0 Å². The summed E-state index contributed by atoms with van der Waals surface area (Å²) in [5.74, 6) is 0.624. The van der Waals surface area contributed by atoms with E-state index in [1.807, 2.05) is 0 Å². The van der Waals surface area contributed by atoms with Crippen molar-refractivity contribution in [3.63, 3.8) is 0 Å². The SMILES string of the molecule is C=C(CCC)C1=C(C)C=C2C/C(=C/c3cccc4ccccc34)C(=C)C2C1c1ccc2c(c1)CCC2. The highest BCUT2D eigenvalue weighted by Gasteiger charge is 2.41. The Labute approximate surface area is 216 Å². The fraction of sp³-hybridized carbons (Fsp3) is 0.278. The molecule has 0 radical (unpaired) electrons. The predicted octanol–water partition coefficient (Wildman–Crippen LogP) is 9.68. The lowest BCUT2D eigenvalue weighted by atomic mass is 9.69. The summed E-state index contributed by atoms with van der Waals surface area (Å²) in [6.07, 6.45) is 11.7. The summed E-state index contributed by atoms with van der Waals surface area (Å²) in [7, 11) is 0. The van der Waals surface area contributed by atoms with Gasteiger partial charge in [0, 0.05) is 11.8 Å². The molecule has 0 heterocycles. The first-order chi connectivity index (χ1) is 17.5. The molecule has 0 spiro atoms. The lowest BCUT2D eigenvalue weighted by Crippen LogP contribution is -2.21. The van der Waals surface area contributed by atoms with Gasteiger partial charge in [0.15, 0.2) is 0 Å². The third-order valence-electron chi connectivity index (χ3n) is 8.62. The van der Waals surface area contributed by atoms with E-state index < -0.39 is 0 Å². The molecule has 0 heteroatoms. The van der Waals surface area contributed by atoms with E-state index in [0.29, 0.717) is 11.8 Å². The summed E-state index contributed by atoms with van der Waals surface area (Å²) in [5.41, 5.74) is 14.2. The van der Waals surface area contributed by atoms with Crippen molar-refractivity contribution in [2.24, 2.45) is 5.92 Å². The van der Waals surface area contributed by atoms with Gasteiger partial charge in [-0.1, -0.05) is 110 Å². The van der Waals surface area contributed by atoms with E-state index in [9.17, 15) is 0 Å². The Balaban J connectivity index is 1.46. The monoisotopic (exact) mass is 468 g/mol. The second-order valence-electron chi connectivity index (χ2n) is 10.9. The van der Waals surface area contributed by atoms with E-state index >= 15 is 0 Å². The first-order valence-electron chi connectivity index (χ1n) is 13.6. The second-order valence-corrected chi connectivity index (χ2v) is 10.9. The zero-order valence-electron chi connectivity index (χ0n) is 21.7. The van der Waals surface area contributed by atoms with E-state index in [0.717, 1.165) is 19.3 Å². The lowest BCUT2D eigenvalue weighted by molar-refractivity contribution is 0.619. The van der Waals surface area contributed by atoms with Crippen LogP contribution in [0.4, 0.5) is 0 Å². The number of allylic oxidation sites excluding steroid dienone is 7. The summed E-state index contributed by atoms with van der Waals surface area (Å²) >= 11 is 0. The van der Waals surface area contributed by atoms with Crippen LogP contribution in [0.15, 0.2) is 113 Å². The average molecular weight is 469 g/mol. The molecular formula is C36H36. The summed E-state index contributed by atoms with van der Waals surface area (Å²) < 4.78 is 0. The maximum Gasteiger partial charge on any atom is 0.0201 e. The Kier molecular flexibility index (Phi) is 5.92. The first kappa shape index (κ1) is 23.0. The Morgan fingerprint density at radius 3 is 2.64 bits per heavy atom. The summed E-state index contributed by atoms with van der Waals surface area (Å²) in [5, 5.41) is 2.60. The first-order valence-corrected chi connectivity index (χ1v) is 13.6.